The van der Waals surface area contributed by atoms with Gasteiger partial charge in [0.2, 0.25) is 0 Å². The topological polar surface area (TPSA) is 248 Å². The summed E-state index contributed by atoms with van der Waals surface area (Å²) in [5, 5.41) is 14.2. The number of halogens is 4. The fraction of sp³-hybridized carbons (Fsp3) is 0.586. The highest BCUT2D eigenvalue weighted by atomic mass is 35.5. The number of amides is 2. The number of rotatable bonds is 11. The maximum Gasteiger partial charge on any atom is 0.303 e. The SMILES string of the molecule is COC1O[C@H](COC(C)=O)[C@@H](OC2O[C@H](COC(C)=O)[C@H](OC(C)=O)[C@H](N=[N+]=[N-])[C@H]2OC(C)=O)[C@H](O)[C@H]1N1C(=O)c2c(Cl)c(Cl)c(Cl)c(Cl)c2C1=O. The Hall–Kier alpha value is -3.49. The molecule has 3 aliphatic heterocycles. The van der Waals surface area contributed by atoms with E-state index in [4.69, 9.17) is 84.3 Å². The maximum absolute atomic E-state index is 13.8. The van der Waals surface area contributed by atoms with Gasteiger partial charge in [0.15, 0.2) is 18.7 Å². The third-order valence-electron chi connectivity index (χ3n) is 7.90. The first-order chi connectivity index (χ1) is 24.4. The lowest BCUT2D eigenvalue weighted by molar-refractivity contribution is -0.340. The smallest absolute Gasteiger partial charge is 0.303 e. The zero-order valence-electron chi connectivity index (χ0n) is 27.7. The third-order valence-corrected chi connectivity index (χ3v) is 9.70. The molecule has 3 heterocycles. The van der Waals surface area contributed by atoms with E-state index in [0.29, 0.717) is 4.90 Å². The molecule has 0 bridgehead atoms. The largest absolute Gasteiger partial charge is 0.463 e. The van der Waals surface area contributed by atoms with Gasteiger partial charge in [0.1, 0.15) is 55.8 Å². The number of imide groups is 1. The summed E-state index contributed by atoms with van der Waals surface area (Å²) in [7, 11) is 1.13. The predicted molar refractivity (Wildman–Crippen MR) is 173 cm³/mol. The number of hydrogen-bond donors (Lipinski definition) is 1. The molecule has 3 aliphatic rings. The van der Waals surface area contributed by atoms with E-state index >= 15 is 0 Å². The van der Waals surface area contributed by atoms with Gasteiger partial charge >= 0.3 is 23.9 Å². The van der Waals surface area contributed by atoms with Gasteiger partial charge in [0, 0.05) is 39.7 Å². The maximum atomic E-state index is 13.8. The van der Waals surface area contributed by atoms with Crippen LogP contribution in [0.1, 0.15) is 48.4 Å². The number of hydrogen-bond acceptors (Lipinski definition) is 16. The Morgan fingerprint density at radius 3 is 1.67 bits per heavy atom. The van der Waals surface area contributed by atoms with E-state index in [9.17, 15) is 39.4 Å². The molecule has 0 aromatic heterocycles. The van der Waals surface area contributed by atoms with Crippen molar-refractivity contribution < 1.29 is 71.8 Å². The van der Waals surface area contributed by atoms with Crippen LogP contribution in [0.25, 0.3) is 10.4 Å². The van der Waals surface area contributed by atoms with Crippen molar-refractivity contribution in [3.05, 3.63) is 41.7 Å². The molecule has 52 heavy (non-hydrogen) atoms. The Labute approximate surface area is 314 Å². The summed E-state index contributed by atoms with van der Waals surface area (Å²) in [5.74, 6) is -5.56. The first-order valence-corrected chi connectivity index (χ1v) is 16.5. The van der Waals surface area contributed by atoms with Gasteiger partial charge in [-0.1, -0.05) is 51.5 Å². The molecule has 19 nitrogen and oxygen atoms in total. The first-order valence-electron chi connectivity index (χ1n) is 15.0. The van der Waals surface area contributed by atoms with Crippen LogP contribution in [-0.4, -0.2) is 127 Å². The van der Waals surface area contributed by atoms with Crippen molar-refractivity contribution in [2.45, 2.75) is 89.0 Å². The Bertz CT molecular complexity index is 1650. The van der Waals surface area contributed by atoms with E-state index in [1.165, 1.54) is 0 Å². The summed E-state index contributed by atoms with van der Waals surface area (Å²) >= 11 is 24.9. The van der Waals surface area contributed by atoms with Crippen LogP contribution < -0.4 is 0 Å². The fourth-order valence-corrected chi connectivity index (χ4v) is 6.87. The van der Waals surface area contributed by atoms with Gasteiger partial charge in [-0.2, -0.15) is 0 Å². The molecule has 2 unspecified atom stereocenters. The third kappa shape index (κ3) is 8.33. The first kappa shape index (κ1) is 41.3. The van der Waals surface area contributed by atoms with Crippen LogP contribution in [0.3, 0.4) is 0 Å². The van der Waals surface area contributed by atoms with Gasteiger partial charge in [0.25, 0.3) is 11.8 Å². The summed E-state index contributed by atoms with van der Waals surface area (Å²) in [6, 6.07) is -3.36. The molecular weight excluding hydrogens is 786 g/mol. The van der Waals surface area contributed by atoms with Gasteiger partial charge in [-0.3, -0.25) is 33.7 Å². The van der Waals surface area contributed by atoms with E-state index in [2.05, 4.69) is 10.0 Å². The summed E-state index contributed by atoms with van der Waals surface area (Å²) in [6.07, 6.45) is -13.4. The number of methoxy groups -OCH3 is 1. The van der Waals surface area contributed by atoms with Crippen molar-refractivity contribution in [1.29, 1.82) is 0 Å². The van der Waals surface area contributed by atoms with Crippen molar-refractivity contribution in [3.63, 3.8) is 0 Å². The van der Waals surface area contributed by atoms with E-state index in [-0.39, 0.29) is 10.0 Å². The zero-order chi connectivity index (χ0) is 38.8. The fourth-order valence-electron chi connectivity index (χ4n) is 5.85. The highest BCUT2D eigenvalue weighted by Crippen LogP contribution is 2.46. The van der Waals surface area contributed by atoms with Gasteiger partial charge in [-0.15, -0.1) is 0 Å². The normalized spacial score (nSPS) is 29.8. The van der Waals surface area contributed by atoms with Gasteiger partial charge in [-0.05, 0) is 5.53 Å². The Morgan fingerprint density at radius 1 is 0.769 bits per heavy atom. The molecule has 4 rings (SSSR count). The lowest BCUT2D eigenvalue weighted by Gasteiger charge is -2.49. The average molecular weight is 816 g/mol. The second kappa shape index (κ2) is 17.1. The highest BCUT2D eigenvalue weighted by molar-refractivity contribution is 6.55. The zero-order valence-corrected chi connectivity index (χ0v) is 30.7. The van der Waals surface area contributed by atoms with Crippen molar-refractivity contribution in [1.82, 2.24) is 4.90 Å². The molecule has 2 saturated heterocycles. The Balaban J connectivity index is 1.82. The van der Waals surface area contributed by atoms with Crippen molar-refractivity contribution in [3.8, 4) is 0 Å². The number of azide groups is 1. The van der Waals surface area contributed by atoms with Crippen LogP contribution in [-0.2, 0) is 57.1 Å². The van der Waals surface area contributed by atoms with E-state index in [1.807, 2.05) is 0 Å². The standard InChI is InChI=1S/C29H30Cl4N4O15/c1-8(38)46-6-12-23(48-10(3)40)20(35-36-34)25(49-11(4)41)29(51-12)52-24-13(7-47-9(2)39)50-28(45-5)21(22(24)42)37-26(43)14-15(27(37)44)17(31)19(33)18(32)16(14)30/h12-13,20-25,28-29,42H,6-7H2,1-5H3/t12-,13-,20+,21-,22-,23+,24-,25-,28?,29?/m1/s1. The van der Waals surface area contributed by atoms with Crippen molar-refractivity contribution in [2.75, 3.05) is 20.3 Å². The van der Waals surface area contributed by atoms with E-state index in [1.54, 1.807) is 0 Å². The minimum absolute atomic E-state index is 0.322. The monoisotopic (exact) mass is 814 g/mol. The number of carbonyl (C=O) groups is 6. The van der Waals surface area contributed by atoms with Crippen LogP contribution in [0.4, 0.5) is 0 Å². The molecule has 0 spiro atoms. The number of esters is 4. The summed E-state index contributed by atoms with van der Waals surface area (Å²) in [4.78, 5) is 78.9. The molecule has 1 aromatic rings. The molecule has 284 valence electrons. The Morgan fingerprint density at radius 2 is 1.23 bits per heavy atom. The highest BCUT2D eigenvalue weighted by Gasteiger charge is 2.58. The molecule has 2 fully saturated rings. The van der Waals surface area contributed by atoms with E-state index in [0.717, 1.165) is 34.8 Å². The van der Waals surface area contributed by atoms with Crippen LogP contribution in [0.15, 0.2) is 5.11 Å². The molecule has 0 saturated carbocycles. The summed E-state index contributed by atoms with van der Waals surface area (Å²) in [6.45, 7) is 2.96. The number of carbonyl (C=O) groups excluding carboxylic acids is 6. The number of aliphatic hydroxyl groups is 1. The molecule has 1 aromatic carbocycles. The Kier molecular flexibility index (Phi) is 13.6. The minimum Gasteiger partial charge on any atom is -0.463 e. The van der Waals surface area contributed by atoms with Crippen LogP contribution in [0, 0.1) is 0 Å². The summed E-state index contributed by atoms with van der Waals surface area (Å²) < 4.78 is 44.4. The van der Waals surface area contributed by atoms with Crippen LogP contribution >= 0.6 is 46.4 Å². The molecule has 23 heteroatoms. The number of aliphatic hydroxyl groups excluding tert-OH is 1. The van der Waals surface area contributed by atoms with Gasteiger partial charge in [-0.25, -0.2) is 0 Å². The second-order valence-corrected chi connectivity index (χ2v) is 12.9. The van der Waals surface area contributed by atoms with E-state index < -0.39 is 131 Å². The molecule has 2 amide bonds. The molecule has 0 radical (unpaired) electrons. The van der Waals surface area contributed by atoms with Gasteiger partial charge in [0.05, 0.1) is 31.2 Å². The molecule has 10 atom stereocenters. The van der Waals surface area contributed by atoms with Crippen LogP contribution in [0.5, 0.6) is 0 Å². The van der Waals surface area contributed by atoms with Crippen LogP contribution in [0.2, 0.25) is 20.1 Å². The minimum atomic E-state index is -2.01. The molecular formula is C29H30Cl4N4O15. The molecule has 1 N–H and O–H groups in total. The predicted octanol–water partition coefficient (Wildman–Crippen LogP) is 2.78. The molecule has 0 aliphatic carbocycles. The van der Waals surface area contributed by atoms with Crippen molar-refractivity contribution in [2.24, 2.45) is 5.11 Å². The number of fused-ring (bicyclic) bond motifs is 1. The number of ether oxygens (including phenoxy) is 8. The number of nitrogens with zero attached hydrogens (tertiary/aromatic N) is 4. The van der Waals surface area contributed by atoms with Crippen molar-refractivity contribution >= 4 is 82.1 Å². The lowest BCUT2D eigenvalue weighted by Crippen LogP contribution is -2.68. The quantitative estimate of drug-likeness (QED) is 0.0493. The summed E-state index contributed by atoms with van der Waals surface area (Å²) in [5.41, 5.74) is 8.57. The average Bonchev–Trinajstić information content (AvgIpc) is 3.32. The number of benzene rings is 1. The van der Waals surface area contributed by atoms with Gasteiger partial charge < -0.3 is 43.0 Å². The second-order valence-electron chi connectivity index (χ2n) is 11.3. The lowest BCUT2D eigenvalue weighted by atomic mass is 9.93.